The number of hydrogen-bond donors (Lipinski definition) is 3. The molecule has 0 aliphatic rings. The topological polar surface area (TPSA) is 74.6 Å². The first-order chi connectivity index (χ1) is 11.1. The molecule has 1 atom stereocenters. The number of aliphatic hydroxyl groups is 1. The van der Waals surface area contributed by atoms with Gasteiger partial charge in [0.2, 0.25) is 5.88 Å². The fraction of sp³-hybridized carbons (Fsp3) is 0.312. The van der Waals surface area contributed by atoms with E-state index in [1.54, 1.807) is 6.92 Å². The van der Waals surface area contributed by atoms with E-state index in [4.69, 9.17) is 27.9 Å². The highest BCUT2D eigenvalue weighted by atomic mass is 35.5. The van der Waals surface area contributed by atoms with Crippen LogP contribution in [0.5, 0.6) is 17.4 Å². The van der Waals surface area contributed by atoms with Crippen LogP contribution in [0.15, 0.2) is 24.4 Å². The fourth-order valence-corrected chi connectivity index (χ4v) is 2.60. The molecule has 0 fully saturated rings. The fourth-order valence-electron chi connectivity index (χ4n) is 2.03. The summed E-state index contributed by atoms with van der Waals surface area (Å²) in [6.07, 6.45) is 0.457. The van der Waals surface area contributed by atoms with E-state index in [2.05, 4.69) is 10.3 Å². The van der Waals surface area contributed by atoms with E-state index in [0.717, 1.165) is 0 Å². The summed E-state index contributed by atoms with van der Waals surface area (Å²) in [7, 11) is 0. The Bertz CT molecular complexity index is 726. The average Bonchev–Trinajstić information content (AvgIpc) is 2.42. The number of nitrogens with zero attached hydrogens (tertiary/aromatic N) is 1. The van der Waals surface area contributed by atoms with Gasteiger partial charge in [0.15, 0.2) is 5.75 Å². The molecule has 8 heteroatoms. The quantitative estimate of drug-likeness (QED) is 0.652. The number of alkyl halides is 1. The molecule has 0 bridgehead atoms. The molecule has 24 heavy (non-hydrogen) atoms. The molecule has 5 nitrogen and oxygen atoms in total. The van der Waals surface area contributed by atoms with Crippen molar-refractivity contribution in [2.75, 3.05) is 5.32 Å². The monoisotopic (exact) mass is 374 g/mol. The second-order valence-corrected chi connectivity index (χ2v) is 6.52. The van der Waals surface area contributed by atoms with Crippen molar-refractivity contribution >= 4 is 28.9 Å². The number of hydrogen-bond acceptors (Lipinski definition) is 5. The standard InChI is InChI=1S/C16H17Cl2FN2O3/c1-8(22)21-9-4-12(17)14(13(18)5-9)24-10-6-11(16(2,3)19)15(23)20-7-10/h4-8,21-22H,1-3H3,(H,20,23). The molecule has 2 rings (SSSR count). The lowest BCUT2D eigenvalue weighted by atomic mass is 10.0. The highest BCUT2D eigenvalue weighted by Crippen LogP contribution is 2.40. The van der Waals surface area contributed by atoms with Gasteiger partial charge in [-0.25, -0.2) is 9.37 Å². The van der Waals surface area contributed by atoms with Crippen LogP contribution in [-0.2, 0) is 5.67 Å². The van der Waals surface area contributed by atoms with Crippen molar-refractivity contribution in [3.05, 3.63) is 40.0 Å². The molecule has 1 aromatic heterocycles. The number of aliphatic hydroxyl groups excluding tert-OH is 1. The van der Waals surface area contributed by atoms with E-state index in [-0.39, 0.29) is 27.1 Å². The van der Waals surface area contributed by atoms with E-state index < -0.39 is 17.8 Å². The van der Waals surface area contributed by atoms with Crippen LogP contribution in [-0.4, -0.2) is 21.4 Å². The molecule has 1 unspecified atom stereocenters. The van der Waals surface area contributed by atoms with Gasteiger partial charge in [-0.2, -0.15) is 0 Å². The number of rotatable bonds is 5. The smallest absolute Gasteiger partial charge is 0.217 e. The van der Waals surface area contributed by atoms with Gasteiger partial charge in [-0.15, -0.1) is 0 Å². The molecule has 0 amide bonds. The second kappa shape index (κ2) is 7.01. The van der Waals surface area contributed by atoms with Crippen molar-refractivity contribution in [1.82, 2.24) is 4.98 Å². The number of anilines is 1. The minimum atomic E-state index is -1.80. The van der Waals surface area contributed by atoms with Gasteiger partial charge in [-0.3, -0.25) is 0 Å². The molecule has 0 aliphatic carbocycles. The highest BCUT2D eigenvalue weighted by molar-refractivity contribution is 6.37. The Morgan fingerprint density at radius 2 is 1.83 bits per heavy atom. The maximum atomic E-state index is 14.1. The number of aromatic nitrogens is 1. The summed E-state index contributed by atoms with van der Waals surface area (Å²) in [6.45, 7) is 4.14. The summed E-state index contributed by atoms with van der Waals surface area (Å²) in [5.41, 5.74) is -1.30. The van der Waals surface area contributed by atoms with Crippen LogP contribution in [0, 0.1) is 0 Å². The van der Waals surface area contributed by atoms with Gasteiger partial charge in [0, 0.05) is 5.69 Å². The van der Waals surface area contributed by atoms with Crippen LogP contribution in [0.25, 0.3) is 0 Å². The lowest BCUT2D eigenvalue weighted by Gasteiger charge is -2.17. The first-order valence-corrected chi connectivity index (χ1v) is 7.83. The van der Waals surface area contributed by atoms with Gasteiger partial charge in [0.1, 0.15) is 17.6 Å². The first-order valence-electron chi connectivity index (χ1n) is 7.08. The van der Waals surface area contributed by atoms with E-state index in [1.807, 2.05) is 0 Å². The summed E-state index contributed by atoms with van der Waals surface area (Å²) in [6, 6.07) is 4.39. The van der Waals surface area contributed by atoms with Crippen molar-refractivity contribution in [2.45, 2.75) is 32.7 Å². The molecule has 0 radical (unpaired) electrons. The summed E-state index contributed by atoms with van der Waals surface area (Å²) < 4.78 is 19.7. The maximum absolute atomic E-state index is 14.1. The second-order valence-electron chi connectivity index (χ2n) is 5.71. The molecule has 2 aromatic rings. The van der Waals surface area contributed by atoms with E-state index >= 15 is 0 Å². The number of nitrogens with one attached hydrogen (secondary N) is 1. The Hall–Kier alpha value is -1.76. The third-order valence-corrected chi connectivity index (χ3v) is 3.64. The Kier molecular flexibility index (Phi) is 5.42. The third-order valence-electron chi connectivity index (χ3n) is 3.08. The van der Waals surface area contributed by atoms with Crippen LogP contribution in [0.4, 0.5) is 10.1 Å². The van der Waals surface area contributed by atoms with Crippen molar-refractivity contribution in [2.24, 2.45) is 0 Å². The maximum Gasteiger partial charge on any atom is 0.217 e. The molecular weight excluding hydrogens is 358 g/mol. The van der Waals surface area contributed by atoms with Crippen molar-refractivity contribution < 1.29 is 19.3 Å². The van der Waals surface area contributed by atoms with E-state index in [0.29, 0.717) is 5.69 Å². The predicted molar refractivity (Wildman–Crippen MR) is 91.9 cm³/mol. The minimum Gasteiger partial charge on any atom is -0.493 e. The van der Waals surface area contributed by atoms with Crippen LogP contribution >= 0.6 is 23.2 Å². The van der Waals surface area contributed by atoms with Crippen LogP contribution in [0.2, 0.25) is 10.0 Å². The summed E-state index contributed by atoms with van der Waals surface area (Å²) in [4.78, 5) is 3.72. The Morgan fingerprint density at radius 3 is 2.33 bits per heavy atom. The summed E-state index contributed by atoms with van der Waals surface area (Å²) >= 11 is 12.3. The number of aromatic hydroxyl groups is 1. The Labute approximate surface area is 149 Å². The van der Waals surface area contributed by atoms with Crippen molar-refractivity contribution in [3.63, 3.8) is 0 Å². The molecule has 0 spiro atoms. The molecular formula is C16H17Cl2FN2O3. The minimum absolute atomic E-state index is 0.0142. The highest BCUT2D eigenvalue weighted by Gasteiger charge is 2.25. The van der Waals surface area contributed by atoms with Gasteiger partial charge in [0.25, 0.3) is 0 Å². The molecule has 1 heterocycles. The average molecular weight is 375 g/mol. The molecule has 3 N–H and O–H groups in total. The Balaban J connectivity index is 2.35. The number of pyridine rings is 1. The van der Waals surface area contributed by atoms with Crippen LogP contribution < -0.4 is 10.1 Å². The SMILES string of the molecule is CC(O)Nc1cc(Cl)c(Oc2cnc(O)c(C(C)(C)F)c2)c(Cl)c1. The summed E-state index contributed by atoms with van der Waals surface area (Å²) in [5.74, 6) is -0.0818. The van der Waals surface area contributed by atoms with Gasteiger partial charge in [-0.05, 0) is 39.0 Å². The van der Waals surface area contributed by atoms with E-state index in [1.165, 1.54) is 38.2 Å². The lowest BCUT2D eigenvalue weighted by molar-refractivity contribution is 0.212. The molecule has 130 valence electrons. The summed E-state index contributed by atoms with van der Waals surface area (Å²) in [5, 5.41) is 22.1. The van der Waals surface area contributed by atoms with Crippen molar-refractivity contribution in [3.8, 4) is 17.4 Å². The van der Waals surface area contributed by atoms with Crippen LogP contribution in [0.1, 0.15) is 26.3 Å². The Morgan fingerprint density at radius 1 is 1.25 bits per heavy atom. The zero-order valence-corrected chi connectivity index (χ0v) is 14.8. The van der Waals surface area contributed by atoms with E-state index in [9.17, 15) is 14.6 Å². The number of benzene rings is 1. The molecule has 1 aromatic carbocycles. The first kappa shape index (κ1) is 18.6. The molecule has 0 saturated carbocycles. The zero-order chi connectivity index (χ0) is 18.1. The van der Waals surface area contributed by atoms with Gasteiger partial charge in [0.05, 0.1) is 21.8 Å². The lowest BCUT2D eigenvalue weighted by Crippen LogP contribution is -2.13. The zero-order valence-electron chi connectivity index (χ0n) is 13.3. The largest absolute Gasteiger partial charge is 0.493 e. The predicted octanol–water partition coefficient (Wildman–Crippen LogP) is 4.84. The van der Waals surface area contributed by atoms with Crippen molar-refractivity contribution in [1.29, 1.82) is 0 Å². The van der Waals surface area contributed by atoms with Crippen LogP contribution in [0.3, 0.4) is 0 Å². The van der Waals surface area contributed by atoms with Gasteiger partial charge >= 0.3 is 0 Å². The normalized spacial score (nSPS) is 12.8. The number of ether oxygens (including phenoxy) is 1. The molecule has 0 saturated heterocycles. The third kappa shape index (κ3) is 4.41. The molecule has 0 aliphatic heterocycles. The number of halogens is 3. The van der Waals surface area contributed by atoms with Gasteiger partial charge < -0.3 is 20.3 Å². The van der Waals surface area contributed by atoms with Gasteiger partial charge in [-0.1, -0.05) is 23.2 Å².